The van der Waals surface area contributed by atoms with E-state index in [1.165, 1.54) is 77.0 Å². The van der Waals surface area contributed by atoms with Crippen molar-refractivity contribution in [2.24, 2.45) is 63.0 Å². The molecule has 6 N–H and O–H groups in total. The van der Waals surface area contributed by atoms with Crippen LogP contribution >= 0.6 is 0 Å². The fourth-order valence-electron chi connectivity index (χ4n) is 12.2. The van der Waals surface area contributed by atoms with E-state index in [0.717, 1.165) is 65.0 Å². The fourth-order valence-corrected chi connectivity index (χ4v) is 12.2. The second-order valence-corrected chi connectivity index (χ2v) is 17.6. The smallest absolute Gasteiger partial charge is 0.0637 e. The summed E-state index contributed by atoms with van der Waals surface area (Å²) in [5.41, 5.74) is 18.5. The first-order chi connectivity index (χ1) is 23.3. The summed E-state index contributed by atoms with van der Waals surface area (Å²) in [5, 5.41) is 0. The molecule has 0 aromatic heterocycles. The quantitative estimate of drug-likeness (QED) is 0.107. The number of rotatable bonds is 21. The highest BCUT2D eigenvalue weighted by atomic mass is 16.5. The van der Waals surface area contributed by atoms with Crippen LogP contribution in [0.25, 0.3) is 0 Å². The Hall–Kier alpha value is -0.280. The maximum atomic E-state index is 7.09. The van der Waals surface area contributed by atoms with Gasteiger partial charge in [-0.15, -0.1) is 0 Å². The summed E-state index contributed by atoms with van der Waals surface area (Å²) in [7, 11) is 0. The minimum atomic E-state index is 0.119. The van der Waals surface area contributed by atoms with E-state index in [1.807, 2.05) is 0 Å². The molecule has 0 bridgehead atoms. The zero-order valence-electron chi connectivity index (χ0n) is 31.7. The first-order valence-electron chi connectivity index (χ1n) is 20.8. The molecule has 0 aliphatic heterocycles. The molecule has 48 heavy (non-hydrogen) atoms. The third-order valence-corrected chi connectivity index (χ3v) is 15.0. The van der Waals surface area contributed by atoms with Crippen LogP contribution in [-0.4, -0.2) is 70.5 Å². The lowest BCUT2D eigenvalue weighted by Crippen LogP contribution is -2.65. The molecule has 5 fully saturated rings. The van der Waals surface area contributed by atoms with Gasteiger partial charge in [-0.25, -0.2) is 0 Å². The van der Waals surface area contributed by atoms with Crippen LogP contribution in [0.15, 0.2) is 0 Å². The van der Waals surface area contributed by atoms with Crippen molar-refractivity contribution in [2.75, 3.05) is 46.1 Å². The van der Waals surface area contributed by atoms with Gasteiger partial charge >= 0.3 is 0 Å². The Morgan fingerprint density at radius 2 is 1.19 bits per heavy atom. The van der Waals surface area contributed by atoms with Gasteiger partial charge in [-0.3, -0.25) is 0 Å². The third kappa shape index (κ3) is 8.03. The van der Waals surface area contributed by atoms with Gasteiger partial charge in [-0.05, 0) is 144 Å². The van der Waals surface area contributed by atoms with Crippen LogP contribution in [0.2, 0.25) is 0 Å². The third-order valence-electron chi connectivity index (χ3n) is 15.0. The summed E-state index contributed by atoms with van der Waals surface area (Å²) in [6, 6.07) is 0. The van der Waals surface area contributed by atoms with Crippen molar-refractivity contribution in [3.8, 4) is 0 Å². The number of unbranched alkanes of at least 4 members (excludes halogenated alkanes) is 5. The van der Waals surface area contributed by atoms with Crippen molar-refractivity contribution in [1.29, 1.82) is 0 Å². The predicted octanol–water partition coefficient (Wildman–Crippen LogP) is 7.61. The van der Waals surface area contributed by atoms with Crippen LogP contribution in [0.3, 0.4) is 0 Å². The molecule has 0 saturated heterocycles. The fraction of sp³-hybridized carbons (Fsp3) is 1.00. The van der Waals surface area contributed by atoms with Crippen LogP contribution in [0.5, 0.6) is 0 Å². The first-order valence-corrected chi connectivity index (χ1v) is 20.8. The van der Waals surface area contributed by atoms with Gasteiger partial charge in [-0.2, -0.15) is 0 Å². The molecule has 0 radical (unpaired) electrons. The largest absolute Gasteiger partial charge is 0.378 e. The molecule has 5 saturated carbocycles. The lowest BCUT2D eigenvalue weighted by molar-refractivity contribution is -0.244. The number of hydrogen-bond donors (Lipinski definition) is 3. The van der Waals surface area contributed by atoms with Crippen molar-refractivity contribution >= 4 is 0 Å². The second kappa shape index (κ2) is 18.0. The Bertz CT molecular complexity index is 955. The highest BCUT2D eigenvalue weighted by Gasteiger charge is 2.69. The molecule has 280 valence electrons. The number of hydrogen-bond acceptors (Lipinski definition) is 7. The molecular formula is C41H77N3O4. The monoisotopic (exact) mass is 676 g/mol. The van der Waals surface area contributed by atoms with Gasteiger partial charge in [0.15, 0.2) is 0 Å². The summed E-state index contributed by atoms with van der Waals surface area (Å²) >= 11 is 0. The molecule has 0 spiro atoms. The summed E-state index contributed by atoms with van der Waals surface area (Å²) < 4.78 is 27.3. The zero-order chi connectivity index (χ0) is 34.2. The average molecular weight is 676 g/mol. The SMILES string of the molecule is CCCCCCCCOC1CC[C@]1(C)[C@H]1CC[C@H]2[C@@H]3[C@H](OCCCN)C[C@@H]4C[C@H](OCCCN)CC[C@]4(C)[C@H]3CC(OCCCN)[C@@]21C. The van der Waals surface area contributed by atoms with Gasteiger partial charge in [0.1, 0.15) is 0 Å². The van der Waals surface area contributed by atoms with E-state index < -0.39 is 0 Å². The molecule has 0 aromatic carbocycles. The van der Waals surface area contributed by atoms with Gasteiger partial charge in [0.25, 0.3) is 0 Å². The van der Waals surface area contributed by atoms with Gasteiger partial charge < -0.3 is 36.1 Å². The lowest BCUT2D eigenvalue weighted by Gasteiger charge is -2.66. The van der Waals surface area contributed by atoms with Crippen molar-refractivity contribution in [3.63, 3.8) is 0 Å². The van der Waals surface area contributed by atoms with Gasteiger partial charge in [0, 0.05) is 31.8 Å². The second-order valence-electron chi connectivity index (χ2n) is 17.6. The Balaban J connectivity index is 1.37. The van der Waals surface area contributed by atoms with E-state index in [-0.39, 0.29) is 16.9 Å². The minimum absolute atomic E-state index is 0.119. The highest BCUT2D eigenvalue weighted by Crippen LogP contribution is 2.72. The van der Waals surface area contributed by atoms with E-state index in [0.29, 0.717) is 73.0 Å². The van der Waals surface area contributed by atoms with Gasteiger partial charge in [0.05, 0.1) is 24.4 Å². The predicted molar refractivity (Wildman–Crippen MR) is 197 cm³/mol. The van der Waals surface area contributed by atoms with E-state index >= 15 is 0 Å². The van der Waals surface area contributed by atoms with Gasteiger partial charge in [-0.1, -0.05) is 59.8 Å². The molecule has 5 aliphatic carbocycles. The first kappa shape index (κ1) is 38.9. The van der Waals surface area contributed by atoms with Crippen molar-refractivity contribution in [2.45, 2.75) is 168 Å². The van der Waals surface area contributed by atoms with Crippen molar-refractivity contribution in [3.05, 3.63) is 0 Å². The molecule has 7 heteroatoms. The average Bonchev–Trinajstić information content (AvgIpc) is 3.44. The van der Waals surface area contributed by atoms with E-state index in [9.17, 15) is 0 Å². The number of nitrogens with two attached hydrogens (primary N) is 3. The molecule has 5 rings (SSSR count). The van der Waals surface area contributed by atoms with Crippen LogP contribution < -0.4 is 17.2 Å². The Kier molecular flexibility index (Phi) is 14.6. The lowest BCUT2D eigenvalue weighted by atomic mass is 9.41. The summed E-state index contributed by atoms with van der Waals surface area (Å²) in [6.07, 6.45) is 23.0. The highest BCUT2D eigenvalue weighted by molar-refractivity contribution is 5.18. The minimum Gasteiger partial charge on any atom is -0.378 e. The summed E-state index contributed by atoms with van der Waals surface area (Å²) in [4.78, 5) is 0. The molecule has 0 heterocycles. The van der Waals surface area contributed by atoms with Crippen LogP contribution in [0.4, 0.5) is 0 Å². The van der Waals surface area contributed by atoms with Crippen molar-refractivity contribution in [1.82, 2.24) is 0 Å². The number of fused-ring (bicyclic) bond motifs is 5. The van der Waals surface area contributed by atoms with Crippen molar-refractivity contribution < 1.29 is 18.9 Å². The zero-order valence-corrected chi connectivity index (χ0v) is 31.7. The summed E-state index contributed by atoms with van der Waals surface area (Å²) in [5.74, 6) is 3.03. The maximum absolute atomic E-state index is 7.09. The van der Waals surface area contributed by atoms with E-state index in [4.69, 9.17) is 36.1 Å². The van der Waals surface area contributed by atoms with E-state index in [2.05, 4.69) is 27.7 Å². The van der Waals surface area contributed by atoms with Gasteiger partial charge in [0.2, 0.25) is 0 Å². The molecule has 2 unspecified atom stereocenters. The molecule has 12 atom stereocenters. The maximum Gasteiger partial charge on any atom is 0.0637 e. The topological polar surface area (TPSA) is 115 Å². The van der Waals surface area contributed by atoms with E-state index in [1.54, 1.807) is 0 Å². The summed E-state index contributed by atoms with van der Waals surface area (Å²) in [6.45, 7) is 15.5. The van der Waals surface area contributed by atoms with Crippen LogP contribution in [0.1, 0.15) is 143 Å². The Labute approximate surface area is 295 Å². The molecule has 0 amide bonds. The molecular weight excluding hydrogens is 598 g/mol. The normalized spacial score (nSPS) is 42.2. The standard InChI is InChI=1S/C41H77N3O4/c1-5-6-7-8-9-10-23-47-36-17-19-40(36,3)35-15-14-32-38-33(29-37(41(32,35)4)48-26-13-22-44)39(2)18-16-31(45-24-11-20-42)27-30(39)28-34(38)46-25-12-21-43/h30-38H,5-29,42-44H2,1-4H3/t30-,31+,32-,33-,34+,35+,36?,37?,38-,39-,40+,41-/m0/s1. The van der Waals surface area contributed by atoms with Crippen LogP contribution in [-0.2, 0) is 18.9 Å². The molecule has 0 aromatic rings. The molecule has 5 aliphatic rings. The van der Waals surface area contributed by atoms with Crippen LogP contribution in [0, 0.1) is 45.8 Å². The Morgan fingerprint density at radius 3 is 1.88 bits per heavy atom. The Morgan fingerprint density at radius 1 is 0.562 bits per heavy atom. The molecule has 7 nitrogen and oxygen atoms in total. The number of ether oxygens (including phenoxy) is 4.